The van der Waals surface area contributed by atoms with Gasteiger partial charge in [-0.3, -0.25) is 0 Å². The third kappa shape index (κ3) is 3.71. The molecule has 0 unspecified atom stereocenters. The molecule has 19 heavy (non-hydrogen) atoms. The second-order valence-electron chi connectivity index (χ2n) is 4.71. The quantitative estimate of drug-likeness (QED) is 0.846. The smallest absolute Gasteiger partial charge is 0.134 e. The summed E-state index contributed by atoms with van der Waals surface area (Å²) in [7, 11) is 0. The van der Waals surface area contributed by atoms with Crippen molar-refractivity contribution >= 4 is 26.7 Å². The van der Waals surface area contributed by atoms with E-state index in [9.17, 15) is 5.11 Å². The van der Waals surface area contributed by atoms with E-state index in [2.05, 4.69) is 35.0 Å². The number of aliphatic hydroxyl groups excluding tert-OH is 1. The van der Waals surface area contributed by atoms with Gasteiger partial charge in [-0.05, 0) is 39.2 Å². The molecule has 0 saturated heterocycles. The fraction of sp³-hybridized carbons (Fsp3) is 0.375. The Bertz CT molecular complexity index is 539. The number of benzene rings is 2. The summed E-state index contributed by atoms with van der Waals surface area (Å²) >= 11 is 3.58. The van der Waals surface area contributed by atoms with Crippen molar-refractivity contribution in [3.05, 3.63) is 40.9 Å². The Morgan fingerprint density at radius 2 is 2.00 bits per heavy atom. The maximum atomic E-state index is 9.81. The summed E-state index contributed by atoms with van der Waals surface area (Å²) in [6.45, 7) is 2.46. The molecule has 102 valence electrons. The van der Waals surface area contributed by atoms with Gasteiger partial charge in [0, 0.05) is 0 Å². The summed E-state index contributed by atoms with van der Waals surface area (Å²) in [5.74, 6) is 0.786. The van der Waals surface area contributed by atoms with Crippen LogP contribution >= 0.6 is 15.9 Å². The predicted molar refractivity (Wildman–Crippen MR) is 82.7 cm³/mol. The number of hydrogen-bond acceptors (Lipinski definition) is 2. The van der Waals surface area contributed by atoms with Crippen LogP contribution in [-0.2, 0) is 0 Å². The maximum absolute atomic E-state index is 9.81. The summed E-state index contributed by atoms with van der Waals surface area (Å²) in [6, 6.07) is 12.1. The van der Waals surface area contributed by atoms with E-state index in [0.717, 1.165) is 34.9 Å². The highest BCUT2D eigenvalue weighted by Crippen LogP contribution is 2.33. The van der Waals surface area contributed by atoms with Crippen molar-refractivity contribution in [1.29, 1.82) is 0 Å². The molecule has 1 N–H and O–H groups in total. The van der Waals surface area contributed by atoms with Gasteiger partial charge in [0.15, 0.2) is 0 Å². The Balaban J connectivity index is 2.07. The minimum atomic E-state index is -0.390. The fourth-order valence-corrected chi connectivity index (χ4v) is 2.64. The number of unbranched alkanes of at least 4 members (excludes halogenated alkanes) is 1. The third-order valence-electron chi connectivity index (χ3n) is 3.15. The molecular formula is C16H19BrO2. The molecule has 0 heterocycles. The van der Waals surface area contributed by atoms with E-state index < -0.39 is 6.10 Å². The second kappa shape index (κ2) is 6.92. The number of aliphatic hydroxyl groups is 1. The summed E-state index contributed by atoms with van der Waals surface area (Å²) in [6.07, 6.45) is 2.53. The van der Waals surface area contributed by atoms with E-state index >= 15 is 0 Å². The van der Waals surface area contributed by atoms with Gasteiger partial charge in [0.05, 0.1) is 10.6 Å². The van der Waals surface area contributed by atoms with Crippen LogP contribution in [0.2, 0.25) is 0 Å². The van der Waals surface area contributed by atoms with E-state index in [0.29, 0.717) is 6.61 Å². The Labute approximate surface area is 122 Å². The molecule has 0 saturated carbocycles. The zero-order chi connectivity index (χ0) is 13.7. The van der Waals surface area contributed by atoms with Crippen LogP contribution in [0.15, 0.2) is 40.9 Å². The Morgan fingerprint density at radius 1 is 1.21 bits per heavy atom. The molecular weight excluding hydrogens is 304 g/mol. The van der Waals surface area contributed by atoms with Crippen LogP contribution in [0, 0.1) is 0 Å². The van der Waals surface area contributed by atoms with Crippen LogP contribution < -0.4 is 4.74 Å². The molecule has 2 rings (SSSR count). The zero-order valence-corrected chi connectivity index (χ0v) is 12.7. The molecule has 0 aliphatic heterocycles. The van der Waals surface area contributed by atoms with Crippen molar-refractivity contribution < 1.29 is 9.84 Å². The molecule has 0 aliphatic rings. The lowest BCUT2D eigenvalue weighted by Crippen LogP contribution is -2.17. The summed E-state index contributed by atoms with van der Waals surface area (Å²) in [4.78, 5) is 0. The van der Waals surface area contributed by atoms with Gasteiger partial charge in [-0.25, -0.2) is 0 Å². The molecule has 0 fully saturated rings. The summed E-state index contributed by atoms with van der Waals surface area (Å²) in [5, 5.41) is 12.1. The molecule has 0 amide bonds. The normalized spacial score (nSPS) is 12.6. The summed E-state index contributed by atoms with van der Waals surface area (Å²) in [5.41, 5.74) is 0. The van der Waals surface area contributed by atoms with Gasteiger partial charge in [0.2, 0.25) is 0 Å². The first kappa shape index (κ1) is 14.4. The zero-order valence-electron chi connectivity index (χ0n) is 11.1. The van der Waals surface area contributed by atoms with Gasteiger partial charge < -0.3 is 9.84 Å². The number of rotatable bonds is 6. The molecule has 3 heteroatoms. The third-order valence-corrected chi connectivity index (χ3v) is 3.97. The number of halogens is 1. The Hall–Kier alpha value is -1.06. The van der Waals surface area contributed by atoms with Crippen LogP contribution in [0.5, 0.6) is 5.75 Å². The van der Waals surface area contributed by atoms with E-state index in [1.807, 2.05) is 24.3 Å². The predicted octanol–water partition coefficient (Wildman–Crippen LogP) is 4.53. The van der Waals surface area contributed by atoms with E-state index in [4.69, 9.17) is 4.74 Å². The average molecular weight is 323 g/mol. The standard InChI is InChI=1S/C16H19BrO2/c1-2-3-7-13(18)11-19-15-10-9-12-6-4-5-8-14(12)16(15)17/h4-6,8-10,13,18H,2-3,7,11H2,1H3/t13-/m1/s1. The van der Waals surface area contributed by atoms with Gasteiger partial charge in [0.25, 0.3) is 0 Å². The van der Waals surface area contributed by atoms with Gasteiger partial charge in [0.1, 0.15) is 12.4 Å². The minimum Gasteiger partial charge on any atom is -0.490 e. The second-order valence-corrected chi connectivity index (χ2v) is 5.50. The van der Waals surface area contributed by atoms with Crippen molar-refractivity contribution in [2.45, 2.75) is 32.3 Å². The highest BCUT2D eigenvalue weighted by Gasteiger charge is 2.09. The van der Waals surface area contributed by atoms with Gasteiger partial charge in [-0.2, -0.15) is 0 Å². The monoisotopic (exact) mass is 322 g/mol. The first-order chi connectivity index (χ1) is 9.22. The van der Waals surface area contributed by atoms with Gasteiger partial charge in [-0.1, -0.05) is 50.1 Å². The molecule has 0 radical (unpaired) electrons. The SMILES string of the molecule is CCCC[C@@H](O)COc1ccc2ccccc2c1Br. The molecule has 2 aromatic carbocycles. The Morgan fingerprint density at radius 3 is 2.79 bits per heavy atom. The average Bonchev–Trinajstić information content (AvgIpc) is 2.44. The molecule has 0 aliphatic carbocycles. The molecule has 1 atom stereocenters. The van der Waals surface area contributed by atoms with Gasteiger partial charge >= 0.3 is 0 Å². The van der Waals surface area contributed by atoms with E-state index in [1.165, 1.54) is 5.39 Å². The van der Waals surface area contributed by atoms with Crippen LogP contribution in [-0.4, -0.2) is 17.8 Å². The number of ether oxygens (including phenoxy) is 1. The topological polar surface area (TPSA) is 29.5 Å². The van der Waals surface area contributed by atoms with Crippen LogP contribution in [0.25, 0.3) is 10.8 Å². The maximum Gasteiger partial charge on any atom is 0.134 e. The van der Waals surface area contributed by atoms with Crippen molar-refractivity contribution in [2.24, 2.45) is 0 Å². The van der Waals surface area contributed by atoms with Crippen molar-refractivity contribution in [3.63, 3.8) is 0 Å². The van der Waals surface area contributed by atoms with E-state index in [1.54, 1.807) is 0 Å². The van der Waals surface area contributed by atoms with Crippen LogP contribution in [0.4, 0.5) is 0 Å². The lowest BCUT2D eigenvalue weighted by molar-refractivity contribution is 0.0977. The van der Waals surface area contributed by atoms with Crippen LogP contribution in [0.1, 0.15) is 26.2 Å². The molecule has 0 bridgehead atoms. The van der Waals surface area contributed by atoms with Crippen LogP contribution in [0.3, 0.4) is 0 Å². The highest BCUT2D eigenvalue weighted by molar-refractivity contribution is 9.10. The van der Waals surface area contributed by atoms with Crippen molar-refractivity contribution in [3.8, 4) is 5.75 Å². The summed E-state index contributed by atoms with van der Waals surface area (Å²) < 4.78 is 6.66. The van der Waals surface area contributed by atoms with Gasteiger partial charge in [-0.15, -0.1) is 0 Å². The van der Waals surface area contributed by atoms with Crippen molar-refractivity contribution in [1.82, 2.24) is 0 Å². The Kier molecular flexibility index (Phi) is 5.23. The highest BCUT2D eigenvalue weighted by atomic mass is 79.9. The molecule has 0 spiro atoms. The first-order valence-corrected chi connectivity index (χ1v) is 7.49. The lowest BCUT2D eigenvalue weighted by atomic mass is 10.1. The molecule has 2 nitrogen and oxygen atoms in total. The largest absolute Gasteiger partial charge is 0.490 e. The first-order valence-electron chi connectivity index (χ1n) is 6.70. The van der Waals surface area contributed by atoms with E-state index in [-0.39, 0.29) is 0 Å². The number of hydrogen-bond donors (Lipinski definition) is 1. The van der Waals surface area contributed by atoms with Crippen molar-refractivity contribution in [2.75, 3.05) is 6.61 Å². The number of fused-ring (bicyclic) bond motifs is 1. The minimum absolute atomic E-state index is 0.344. The lowest BCUT2D eigenvalue weighted by Gasteiger charge is -2.14. The fourth-order valence-electron chi connectivity index (χ4n) is 2.03. The molecule has 0 aromatic heterocycles. The molecule has 2 aromatic rings.